The van der Waals surface area contributed by atoms with Crippen LogP contribution in [-0.2, 0) is 13.8 Å². The highest BCUT2D eigenvalue weighted by atomic mass is 127. The van der Waals surface area contributed by atoms with E-state index in [0.717, 1.165) is 14.8 Å². The van der Waals surface area contributed by atoms with Gasteiger partial charge in [0, 0.05) is 33.1 Å². The average Bonchev–Trinajstić information content (AvgIpc) is 2.60. The third kappa shape index (κ3) is 3.82. The van der Waals surface area contributed by atoms with Gasteiger partial charge in [-0.3, -0.25) is 4.79 Å². The average molecular weight is 414 g/mol. The zero-order valence-electron chi connectivity index (χ0n) is 10.3. The smallest absolute Gasteiger partial charge is 0.232 e. The van der Waals surface area contributed by atoms with Crippen LogP contribution in [-0.4, -0.2) is 26.6 Å². The van der Waals surface area contributed by atoms with Gasteiger partial charge in [0.15, 0.2) is 0 Å². The highest BCUT2D eigenvalue weighted by Crippen LogP contribution is 2.30. The summed E-state index contributed by atoms with van der Waals surface area (Å²) in [6.07, 6.45) is 0.232. The Kier molecular flexibility index (Phi) is 4.42. The molecule has 1 fully saturated rings. The van der Waals surface area contributed by atoms with Gasteiger partial charge in [-0.25, -0.2) is 8.42 Å². The molecule has 0 bridgehead atoms. The highest BCUT2D eigenvalue weighted by molar-refractivity contribution is 14.1. The van der Waals surface area contributed by atoms with Gasteiger partial charge in [0.25, 0.3) is 0 Å². The first kappa shape index (κ1) is 15.1. The van der Waals surface area contributed by atoms with E-state index in [2.05, 4.69) is 22.6 Å². The lowest BCUT2D eigenvalue weighted by Gasteiger charge is -2.18. The molecule has 2 rings (SSSR count). The molecule has 1 aromatic carbocycles. The maximum absolute atomic E-state index is 12.0. The molecule has 1 unspecified atom stereocenters. The molecule has 1 heterocycles. The predicted molar refractivity (Wildman–Crippen MR) is 84.0 cm³/mol. The maximum atomic E-state index is 12.0. The minimum Gasteiger partial charge on any atom is -0.311 e. The summed E-state index contributed by atoms with van der Waals surface area (Å²) in [5.41, 5.74) is 1.91. The van der Waals surface area contributed by atoms with E-state index in [0.29, 0.717) is 6.54 Å². The number of aryl methyl sites for hydroxylation is 1. The first-order chi connectivity index (χ1) is 8.76. The molecule has 0 radical (unpaired) electrons. The first-order valence-electron chi connectivity index (χ1n) is 5.75. The van der Waals surface area contributed by atoms with Crippen molar-refractivity contribution in [3.8, 4) is 0 Å². The Labute approximate surface area is 130 Å². The van der Waals surface area contributed by atoms with Crippen LogP contribution in [0.1, 0.15) is 12.0 Å². The van der Waals surface area contributed by atoms with Crippen LogP contribution in [0.15, 0.2) is 18.2 Å². The zero-order chi connectivity index (χ0) is 14.2. The van der Waals surface area contributed by atoms with Gasteiger partial charge in [0.1, 0.15) is 0 Å². The normalized spacial score (nSPS) is 20.1. The van der Waals surface area contributed by atoms with E-state index < -0.39 is 9.05 Å². The molecule has 0 saturated carbocycles. The zero-order valence-corrected chi connectivity index (χ0v) is 14.0. The monoisotopic (exact) mass is 413 g/mol. The number of benzene rings is 1. The third-order valence-electron chi connectivity index (χ3n) is 3.03. The molecule has 1 aliphatic rings. The third-order valence-corrected chi connectivity index (χ3v) is 5.19. The van der Waals surface area contributed by atoms with Crippen molar-refractivity contribution in [1.82, 2.24) is 0 Å². The molecule has 0 aliphatic carbocycles. The summed E-state index contributed by atoms with van der Waals surface area (Å²) in [4.78, 5) is 13.7. The molecule has 0 spiro atoms. The second-order valence-corrected chi connectivity index (χ2v) is 8.72. The van der Waals surface area contributed by atoms with Gasteiger partial charge >= 0.3 is 0 Å². The van der Waals surface area contributed by atoms with E-state index in [1.165, 1.54) is 0 Å². The molecule has 1 amide bonds. The Morgan fingerprint density at radius 3 is 2.79 bits per heavy atom. The molecule has 1 aliphatic heterocycles. The fourth-order valence-electron chi connectivity index (χ4n) is 2.24. The quantitative estimate of drug-likeness (QED) is 0.565. The van der Waals surface area contributed by atoms with Gasteiger partial charge in [-0.2, -0.15) is 0 Å². The summed E-state index contributed by atoms with van der Waals surface area (Å²) in [6.45, 7) is 2.37. The van der Waals surface area contributed by atoms with Crippen molar-refractivity contribution >= 4 is 53.9 Å². The van der Waals surface area contributed by atoms with Gasteiger partial charge in [0.05, 0.1) is 11.4 Å². The number of anilines is 1. The molecule has 0 N–H and O–H groups in total. The SMILES string of the molecule is Cc1ccc(I)c(N2CC(CS(=O)(=O)Cl)CC2=O)c1. The fourth-order valence-corrected chi connectivity index (χ4v) is 4.18. The van der Waals surface area contributed by atoms with Crippen molar-refractivity contribution < 1.29 is 13.2 Å². The van der Waals surface area contributed by atoms with Crippen LogP contribution < -0.4 is 4.90 Å². The number of hydrogen-bond donors (Lipinski definition) is 0. The molecule has 0 aromatic heterocycles. The fraction of sp³-hybridized carbons (Fsp3) is 0.417. The van der Waals surface area contributed by atoms with Gasteiger partial charge in [0.2, 0.25) is 15.0 Å². The van der Waals surface area contributed by atoms with E-state index in [-0.39, 0.29) is 24.0 Å². The number of hydrogen-bond acceptors (Lipinski definition) is 3. The van der Waals surface area contributed by atoms with Crippen molar-refractivity contribution in [2.45, 2.75) is 13.3 Å². The van der Waals surface area contributed by atoms with Crippen molar-refractivity contribution in [2.24, 2.45) is 5.92 Å². The van der Waals surface area contributed by atoms with Crippen LogP contribution in [0.4, 0.5) is 5.69 Å². The lowest BCUT2D eigenvalue weighted by Crippen LogP contribution is -2.26. The summed E-state index contributed by atoms with van der Waals surface area (Å²) < 4.78 is 23.2. The molecule has 1 atom stereocenters. The van der Waals surface area contributed by atoms with Gasteiger partial charge in [-0.15, -0.1) is 0 Å². The molecule has 19 heavy (non-hydrogen) atoms. The number of nitrogens with zero attached hydrogens (tertiary/aromatic N) is 1. The minimum absolute atomic E-state index is 0.0474. The van der Waals surface area contributed by atoms with Crippen LogP contribution in [0, 0.1) is 16.4 Å². The van der Waals surface area contributed by atoms with Gasteiger partial charge in [-0.1, -0.05) is 6.07 Å². The Balaban J connectivity index is 2.23. The molecular weight excluding hydrogens is 401 g/mol. The van der Waals surface area contributed by atoms with Crippen LogP contribution in [0.25, 0.3) is 0 Å². The van der Waals surface area contributed by atoms with E-state index in [4.69, 9.17) is 10.7 Å². The minimum atomic E-state index is -3.56. The second kappa shape index (κ2) is 5.57. The summed E-state index contributed by atoms with van der Waals surface area (Å²) in [6, 6.07) is 5.87. The second-order valence-electron chi connectivity index (χ2n) is 4.73. The molecular formula is C12H13ClINO3S. The number of halogens is 2. The van der Waals surface area contributed by atoms with Crippen molar-refractivity contribution in [1.29, 1.82) is 0 Å². The van der Waals surface area contributed by atoms with E-state index in [1.54, 1.807) is 4.90 Å². The molecule has 7 heteroatoms. The molecule has 4 nitrogen and oxygen atoms in total. The first-order valence-corrected chi connectivity index (χ1v) is 9.31. The van der Waals surface area contributed by atoms with Crippen LogP contribution >= 0.6 is 33.3 Å². The largest absolute Gasteiger partial charge is 0.311 e. The Morgan fingerprint density at radius 1 is 1.47 bits per heavy atom. The Bertz CT molecular complexity index is 617. The Hall–Kier alpha value is -0.340. The topological polar surface area (TPSA) is 54.5 Å². The highest BCUT2D eigenvalue weighted by Gasteiger charge is 2.33. The van der Waals surface area contributed by atoms with E-state index >= 15 is 0 Å². The summed E-state index contributed by atoms with van der Waals surface area (Å²) >= 11 is 2.17. The van der Waals surface area contributed by atoms with Crippen LogP contribution in [0.5, 0.6) is 0 Å². The summed E-state index contributed by atoms with van der Waals surface area (Å²) in [5.74, 6) is -0.431. The van der Waals surface area contributed by atoms with Crippen molar-refractivity contribution in [3.05, 3.63) is 27.3 Å². The number of amides is 1. The molecule has 1 aromatic rings. The lowest BCUT2D eigenvalue weighted by atomic mass is 10.1. The van der Waals surface area contributed by atoms with Gasteiger partial charge in [-0.05, 0) is 47.2 Å². The maximum Gasteiger partial charge on any atom is 0.232 e. The number of carbonyl (C=O) groups is 1. The molecule has 1 saturated heterocycles. The van der Waals surface area contributed by atoms with Gasteiger partial charge < -0.3 is 4.90 Å². The van der Waals surface area contributed by atoms with Crippen molar-refractivity contribution in [3.63, 3.8) is 0 Å². The molecule has 104 valence electrons. The summed E-state index contributed by atoms with van der Waals surface area (Å²) in [5, 5.41) is 0. The summed E-state index contributed by atoms with van der Waals surface area (Å²) in [7, 11) is 1.69. The van der Waals surface area contributed by atoms with E-state index in [1.807, 2.05) is 25.1 Å². The number of rotatable bonds is 3. The van der Waals surface area contributed by atoms with Crippen molar-refractivity contribution in [2.75, 3.05) is 17.2 Å². The van der Waals surface area contributed by atoms with E-state index in [9.17, 15) is 13.2 Å². The Morgan fingerprint density at radius 2 is 2.16 bits per heavy atom. The predicted octanol–water partition coefficient (Wildman–Crippen LogP) is 2.52. The van der Waals surface area contributed by atoms with Crippen LogP contribution in [0.2, 0.25) is 0 Å². The standard InChI is InChI=1S/C12H13ClINO3S/c1-8-2-3-10(14)11(4-8)15-6-9(5-12(15)16)7-19(13,17)18/h2-4,9H,5-7H2,1H3. The van der Waals surface area contributed by atoms with Crippen LogP contribution in [0.3, 0.4) is 0 Å². The lowest BCUT2D eigenvalue weighted by molar-refractivity contribution is -0.117. The number of carbonyl (C=O) groups excluding carboxylic acids is 1.